The van der Waals surface area contributed by atoms with Crippen LogP contribution in [0.2, 0.25) is 0 Å². The summed E-state index contributed by atoms with van der Waals surface area (Å²) in [6.07, 6.45) is -3.64. The number of aromatic nitrogens is 1. The summed E-state index contributed by atoms with van der Waals surface area (Å²) in [4.78, 5) is 6.19. The van der Waals surface area contributed by atoms with E-state index in [4.69, 9.17) is 4.74 Å². The molecule has 2 heterocycles. The van der Waals surface area contributed by atoms with E-state index >= 15 is 0 Å². The van der Waals surface area contributed by atoms with Crippen molar-refractivity contribution in [3.8, 4) is 5.75 Å². The van der Waals surface area contributed by atoms with Crippen molar-refractivity contribution in [2.75, 3.05) is 38.2 Å². The predicted molar refractivity (Wildman–Crippen MR) is 71.3 cm³/mol. The van der Waals surface area contributed by atoms with Crippen LogP contribution in [0, 0.1) is 0 Å². The zero-order valence-corrected chi connectivity index (χ0v) is 11.7. The van der Waals surface area contributed by atoms with Gasteiger partial charge in [0.05, 0.1) is 19.4 Å². The van der Waals surface area contributed by atoms with E-state index in [-0.39, 0.29) is 5.75 Å². The number of halogens is 3. The van der Waals surface area contributed by atoms with Crippen molar-refractivity contribution in [2.24, 2.45) is 0 Å². The number of alkyl halides is 3. The van der Waals surface area contributed by atoms with Gasteiger partial charge in [-0.25, -0.2) is 4.98 Å². The Morgan fingerprint density at radius 3 is 2.67 bits per heavy atom. The number of hydrogen-bond donors (Lipinski definition) is 1. The molecule has 1 fully saturated rings. The van der Waals surface area contributed by atoms with E-state index in [0.717, 1.165) is 32.5 Å². The Labute approximate surface area is 121 Å². The van der Waals surface area contributed by atoms with Gasteiger partial charge in [0.25, 0.3) is 0 Å². The summed E-state index contributed by atoms with van der Waals surface area (Å²) in [6, 6.07) is 3.00. The van der Waals surface area contributed by atoms with E-state index in [9.17, 15) is 13.2 Å². The molecule has 5 nitrogen and oxygen atoms in total. The first kappa shape index (κ1) is 15.8. The number of anilines is 1. The largest absolute Gasteiger partial charge is 0.573 e. The minimum atomic E-state index is -4.69. The Morgan fingerprint density at radius 2 is 2.10 bits per heavy atom. The van der Waals surface area contributed by atoms with Gasteiger partial charge in [-0.2, -0.15) is 0 Å². The first-order valence-corrected chi connectivity index (χ1v) is 6.71. The van der Waals surface area contributed by atoms with Crippen LogP contribution in [0.3, 0.4) is 0 Å². The highest BCUT2D eigenvalue weighted by atomic mass is 19.4. The lowest BCUT2D eigenvalue weighted by Crippen LogP contribution is -2.45. The maximum absolute atomic E-state index is 12.0. The molecule has 1 aromatic heterocycles. The van der Waals surface area contributed by atoms with E-state index in [1.807, 2.05) is 0 Å². The molecule has 0 bridgehead atoms. The summed E-state index contributed by atoms with van der Waals surface area (Å²) in [7, 11) is 0. The maximum atomic E-state index is 12.0. The zero-order chi connectivity index (χ0) is 15.3. The molecule has 2 rings (SSSR count). The minimum Gasteiger partial charge on any atom is -0.404 e. The Hall–Kier alpha value is -1.54. The molecule has 0 aromatic carbocycles. The van der Waals surface area contributed by atoms with Crippen LogP contribution in [-0.4, -0.2) is 55.1 Å². The number of rotatable bonds is 5. The van der Waals surface area contributed by atoms with Crippen LogP contribution in [0.25, 0.3) is 0 Å². The number of hydrogen-bond acceptors (Lipinski definition) is 5. The normalized spacial score (nSPS) is 18.3. The number of ether oxygens (including phenoxy) is 2. The molecule has 8 heteroatoms. The van der Waals surface area contributed by atoms with Gasteiger partial charge < -0.3 is 14.8 Å². The van der Waals surface area contributed by atoms with E-state index in [2.05, 4.69) is 26.9 Å². The van der Waals surface area contributed by atoms with Crippen LogP contribution in [0.4, 0.5) is 19.0 Å². The lowest BCUT2D eigenvalue weighted by atomic mass is 10.2. The van der Waals surface area contributed by atoms with Gasteiger partial charge in [-0.15, -0.1) is 13.2 Å². The molecule has 0 aliphatic carbocycles. The lowest BCUT2D eigenvalue weighted by Gasteiger charge is -2.32. The van der Waals surface area contributed by atoms with Crippen LogP contribution in [0.5, 0.6) is 5.75 Å². The fourth-order valence-corrected chi connectivity index (χ4v) is 2.08. The van der Waals surface area contributed by atoms with Gasteiger partial charge in [0.1, 0.15) is 11.6 Å². The van der Waals surface area contributed by atoms with Crippen molar-refractivity contribution in [2.45, 2.75) is 19.3 Å². The van der Waals surface area contributed by atoms with Crippen LogP contribution in [-0.2, 0) is 4.74 Å². The van der Waals surface area contributed by atoms with Crippen molar-refractivity contribution in [1.82, 2.24) is 9.88 Å². The van der Waals surface area contributed by atoms with Gasteiger partial charge in [-0.3, -0.25) is 4.90 Å². The first-order valence-electron chi connectivity index (χ1n) is 6.71. The van der Waals surface area contributed by atoms with E-state index in [1.165, 1.54) is 12.1 Å². The van der Waals surface area contributed by atoms with Crippen LogP contribution >= 0.6 is 0 Å². The van der Waals surface area contributed by atoms with Gasteiger partial charge >= 0.3 is 6.36 Å². The topological polar surface area (TPSA) is 46.6 Å². The Balaban J connectivity index is 1.80. The predicted octanol–water partition coefficient (Wildman–Crippen LogP) is 2.11. The molecule has 1 N–H and O–H groups in total. The minimum absolute atomic E-state index is 0.293. The molecule has 0 radical (unpaired) electrons. The van der Waals surface area contributed by atoms with Crippen molar-refractivity contribution >= 4 is 5.82 Å². The molecule has 1 saturated heterocycles. The van der Waals surface area contributed by atoms with Gasteiger partial charge in [0.2, 0.25) is 0 Å². The van der Waals surface area contributed by atoms with Crippen molar-refractivity contribution in [3.05, 3.63) is 18.3 Å². The average Bonchev–Trinajstić information content (AvgIpc) is 2.45. The van der Waals surface area contributed by atoms with E-state index in [1.54, 1.807) is 0 Å². The third-order valence-corrected chi connectivity index (χ3v) is 3.22. The quantitative estimate of drug-likeness (QED) is 0.903. The number of pyridine rings is 1. The standard InChI is InChI=1S/C13H18F3N3O2/c1-10(19-4-6-20-7-5-19)8-17-12-3-2-11(9-18-12)21-13(14,15)16/h2-3,9-10H,4-8H2,1H3,(H,17,18). The second-order valence-corrected chi connectivity index (χ2v) is 4.81. The Morgan fingerprint density at radius 1 is 1.38 bits per heavy atom. The summed E-state index contributed by atoms with van der Waals surface area (Å²) in [6.45, 7) is 5.97. The molecule has 118 valence electrons. The van der Waals surface area contributed by atoms with Crippen molar-refractivity contribution in [3.63, 3.8) is 0 Å². The molecular formula is C13H18F3N3O2. The van der Waals surface area contributed by atoms with E-state index in [0.29, 0.717) is 18.4 Å². The molecule has 1 aromatic rings. The average molecular weight is 305 g/mol. The van der Waals surface area contributed by atoms with Gasteiger partial charge in [0, 0.05) is 25.7 Å². The van der Waals surface area contributed by atoms with Gasteiger partial charge in [-0.05, 0) is 19.1 Å². The maximum Gasteiger partial charge on any atom is 0.573 e. The summed E-state index contributed by atoms with van der Waals surface area (Å²) < 4.78 is 45.1. The molecule has 21 heavy (non-hydrogen) atoms. The van der Waals surface area contributed by atoms with Crippen molar-refractivity contribution < 1.29 is 22.6 Å². The molecule has 1 aliphatic rings. The van der Waals surface area contributed by atoms with Crippen LogP contribution in [0.1, 0.15) is 6.92 Å². The molecule has 0 amide bonds. The smallest absolute Gasteiger partial charge is 0.404 e. The summed E-state index contributed by atoms with van der Waals surface area (Å²) in [5, 5.41) is 3.10. The van der Waals surface area contributed by atoms with Gasteiger partial charge in [0.15, 0.2) is 0 Å². The lowest BCUT2D eigenvalue weighted by molar-refractivity contribution is -0.274. The fraction of sp³-hybridized carbons (Fsp3) is 0.615. The monoisotopic (exact) mass is 305 g/mol. The summed E-state index contributed by atoms with van der Waals surface area (Å²) in [5.74, 6) is 0.193. The first-order chi connectivity index (χ1) is 9.94. The third-order valence-electron chi connectivity index (χ3n) is 3.22. The Bertz CT molecular complexity index is 433. The highest BCUT2D eigenvalue weighted by Crippen LogP contribution is 2.22. The summed E-state index contributed by atoms with van der Waals surface area (Å²) in [5.41, 5.74) is 0. The second-order valence-electron chi connectivity index (χ2n) is 4.81. The SMILES string of the molecule is CC(CNc1ccc(OC(F)(F)F)cn1)N1CCOCC1. The van der Waals surface area contributed by atoms with Gasteiger partial charge in [-0.1, -0.05) is 0 Å². The molecule has 1 aliphatic heterocycles. The molecule has 1 unspecified atom stereocenters. The van der Waals surface area contributed by atoms with Crippen LogP contribution < -0.4 is 10.1 Å². The second kappa shape index (κ2) is 6.95. The molecule has 0 spiro atoms. The molecule has 1 atom stereocenters. The zero-order valence-electron chi connectivity index (χ0n) is 11.7. The number of morpholine rings is 1. The number of nitrogens with zero attached hydrogens (tertiary/aromatic N) is 2. The third kappa shape index (κ3) is 5.39. The Kier molecular flexibility index (Phi) is 5.24. The summed E-state index contributed by atoms with van der Waals surface area (Å²) >= 11 is 0. The highest BCUT2D eigenvalue weighted by molar-refractivity contribution is 5.37. The fourth-order valence-electron chi connectivity index (χ4n) is 2.08. The number of nitrogens with one attached hydrogen (secondary N) is 1. The van der Waals surface area contributed by atoms with Crippen LogP contribution in [0.15, 0.2) is 18.3 Å². The van der Waals surface area contributed by atoms with Crippen molar-refractivity contribution in [1.29, 1.82) is 0 Å². The molecule has 0 saturated carbocycles. The van der Waals surface area contributed by atoms with E-state index < -0.39 is 6.36 Å². The highest BCUT2D eigenvalue weighted by Gasteiger charge is 2.31. The molecular weight excluding hydrogens is 287 g/mol.